The van der Waals surface area contributed by atoms with E-state index >= 15 is 0 Å². The zero-order valence-electron chi connectivity index (χ0n) is 13.2. The lowest BCUT2D eigenvalue weighted by Gasteiger charge is -2.47. The summed E-state index contributed by atoms with van der Waals surface area (Å²) in [6.07, 6.45) is -30.5. The van der Waals surface area contributed by atoms with Gasteiger partial charge >= 0.3 is 35.8 Å². The largest absolute Gasteiger partial charge is 0.434 e. The number of rotatable bonds is 7. The lowest BCUT2D eigenvalue weighted by Crippen LogP contribution is -2.77. The van der Waals surface area contributed by atoms with E-state index in [1.807, 2.05) is 0 Å². The Morgan fingerprint density at radius 2 is 1.00 bits per heavy atom. The molecule has 186 valence electrons. The van der Waals surface area contributed by atoms with E-state index < -0.39 is 63.6 Å². The van der Waals surface area contributed by atoms with Gasteiger partial charge in [0.15, 0.2) is 0 Å². The van der Waals surface area contributed by atoms with Gasteiger partial charge < -0.3 is 0 Å². The van der Waals surface area contributed by atoms with E-state index in [0.717, 1.165) is 0 Å². The molecule has 0 aromatic carbocycles. The summed E-state index contributed by atoms with van der Waals surface area (Å²) in [6.45, 7) is 0. The molecule has 20 heteroatoms. The van der Waals surface area contributed by atoms with Crippen molar-refractivity contribution in [1.82, 2.24) is 0 Å². The van der Waals surface area contributed by atoms with Crippen LogP contribution in [0.15, 0.2) is 11.1 Å². The minimum atomic E-state index is -8.31. The average Bonchev–Trinajstić information content (AvgIpc) is 2.55. The first kappa shape index (κ1) is 30.4. The van der Waals surface area contributed by atoms with Gasteiger partial charge in [0.2, 0.25) is 6.17 Å². The first-order chi connectivity index (χ1) is 13.2. The third-order valence-corrected chi connectivity index (χ3v) is 4.74. The van der Waals surface area contributed by atoms with Crippen LogP contribution in [0, 0.1) is 0 Å². The third kappa shape index (κ3) is 4.46. The van der Waals surface area contributed by atoms with Crippen molar-refractivity contribution in [2.45, 2.75) is 52.5 Å². The lowest BCUT2D eigenvalue weighted by molar-refractivity contribution is -0.400. The first-order valence-corrected chi connectivity index (χ1v) is 7.63. The fourth-order valence-electron chi connectivity index (χ4n) is 1.80. The Morgan fingerprint density at radius 3 is 1.26 bits per heavy atom. The molecule has 0 aliphatic carbocycles. The third-order valence-electron chi connectivity index (χ3n) is 3.42. The molecule has 0 saturated heterocycles. The summed E-state index contributed by atoms with van der Waals surface area (Å²) in [4.78, 5) is 0. The summed E-state index contributed by atoms with van der Waals surface area (Å²) < 4.78 is 215. The number of hydrogen-bond donors (Lipinski definition) is 0. The Morgan fingerprint density at radius 1 is 0.645 bits per heavy atom. The first-order valence-electron chi connectivity index (χ1n) is 6.49. The Bertz CT molecular complexity index is 688. The summed E-state index contributed by atoms with van der Waals surface area (Å²) in [7, 11) is 0. The lowest BCUT2D eigenvalue weighted by atomic mass is 9.82. The van der Waals surface area contributed by atoms with Gasteiger partial charge in [-0.1, -0.05) is 34.8 Å². The molecule has 0 amide bonds. The summed E-state index contributed by atoms with van der Waals surface area (Å²) in [6, 6.07) is 0. The molecule has 3 atom stereocenters. The molecule has 0 heterocycles. The van der Waals surface area contributed by atoms with E-state index in [2.05, 4.69) is 34.8 Å². The molecule has 0 saturated carbocycles. The van der Waals surface area contributed by atoms with Crippen LogP contribution in [0.4, 0.5) is 74.6 Å². The summed E-state index contributed by atoms with van der Waals surface area (Å²) in [5.74, 6) is -22.8. The maximum atomic E-state index is 14.1. The fraction of sp³-hybridized carbons (Fsp3) is 0.818. The zero-order chi connectivity index (χ0) is 25.8. The highest BCUT2D eigenvalue weighted by Gasteiger charge is 2.93. The monoisotopic (exact) mass is 562 g/mol. The summed E-state index contributed by atoms with van der Waals surface area (Å²) >= 11 is 12.5. The second kappa shape index (κ2) is 8.33. The summed E-state index contributed by atoms with van der Waals surface area (Å²) in [5.41, 5.74) is -8.31. The Kier molecular flexibility index (Phi) is 8.17. The van der Waals surface area contributed by atoms with Crippen molar-refractivity contribution >= 4 is 34.8 Å². The van der Waals surface area contributed by atoms with Crippen LogP contribution in [0.5, 0.6) is 0 Å². The molecule has 0 aromatic rings. The predicted octanol–water partition coefficient (Wildman–Crippen LogP) is 7.92. The fourth-order valence-corrected chi connectivity index (χ4v) is 2.39. The molecule has 0 nitrogen and oxygen atoms in total. The van der Waals surface area contributed by atoms with Gasteiger partial charge in [-0.15, -0.1) is 0 Å². The maximum Gasteiger partial charge on any atom is 0.434 e. The van der Waals surface area contributed by atoms with Gasteiger partial charge in [0.25, 0.3) is 16.6 Å². The molecule has 0 bridgehead atoms. The van der Waals surface area contributed by atoms with Gasteiger partial charge in [-0.3, -0.25) is 0 Å². The SMILES string of the molecule is FC(F)=C(Cl)C(F)C(F)(F)C(Cl)(Cl)C(F)(F)C(F)(C(F)(F)F)C(F)(F)C(F)C(F)(F)F. The Labute approximate surface area is 173 Å². The van der Waals surface area contributed by atoms with Crippen LogP contribution < -0.4 is 0 Å². The second-order valence-corrected chi connectivity index (χ2v) is 7.16. The molecule has 0 spiro atoms. The maximum absolute atomic E-state index is 14.1. The smallest absolute Gasteiger partial charge is 0.234 e. The number of alkyl halides is 17. The van der Waals surface area contributed by atoms with Crippen molar-refractivity contribution in [2.75, 3.05) is 0 Å². The number of halogens is 20. The normalized spacial score (nSPS) is 19.0. The van der Waals surface area contributed by atoms with Gasteiger partial charge in [-0.05, 0) is 0 Å². The molecule has 3 unspecified atom stereocenters. The molecule has 0 aromatic heterocycles. The standard InChI is InChI=1S/C11H2Cl3F17/c12-1(3(16)17)2(15)5(19,20)9(13,14)10(27,28)8(26,11(29,30)31)6(21,22)4(18)7(23,24)25/h2,4H. The van der Waals surface area contributed by atoms with Crippen molar-refractivity contribution in [3.8, 4) is 0 Å². The van der Waals surface area contributed by atoms with Crippen LogP contribution in [0.2, 0.25) is 0 Å². The zero-order valence-corrected chi connectivity index (χ0v) is 15.5. The molecule has 0 fully saturated rings. The summed E-state index contributed by atoms with van der Waals surface area (Å²) in [5, 5.41) is -3.08. The van der Waals surface area contributed by atoms with Crippen molar-refractivity contribution in [1.29, 1.82) is 0 Å². The van der Waals surface area contributed by atoms with Crippen molar-refractivity contribution in [3.63, 3.8) is 0 Å². The van der Waals surface area contributed by atoms with Crippen molar-refractivity contribution in [2.24, 2.45) is 0 Å². The van der Waals surface area contributed by atoms with Gasteiger partial charge in [0.1, 0.15) is 5.03 Å². The minimum Gasteiger partial charge on any atom is -0.234 e. The quantitative estimate of drug-likeness (QED) is 0.218. The van der Waals surface area contributed by atoms with E-state index in [1.54, 1.807) is 0 Å². The second-order valence-electron chi connectivity index (χ2n) is 5.43. The van der Waals surface area contributed by atoms with Crippen LogP contribution in [0.1, 0.15) is 0 Å². The van der Waals surface area contributed by atoms with Crippen LogP contribution in [-0.2, 0) is 0 Å². The van der Waals surface area contributed by atoms with Gasteiger partial charge in [0, 0.05) is 0 Å². The Balaban J connectivity index is 7.14. The number of hydrogen-bond acceptors (Lipinski definition) is 0. The Hall–Kier alpha value is -0.580. The predicted molar refractivity (Wildman–Crippen MR) is 70.1 cm³/mol. The van der Waals surface area contributed by atoms with Crippen LogP contribution >= 0.6 is 34.8 Å². The van der Waals surface area contributed by atoms with Gasteiger partial charge in [-0.2, -0.15) is 61.5 Å². The van der Waals surface area contributed by atoms with E-state index in [1.165, 1.54) is 0 Å². The molecule has 0 rings (SSSR count). The highest BCUT2D eigenvalue weighted by atomic mass is 35.5. The van der Waals surface area contributed by atoms with E-state index in [4.69, 9.17) is 0 Å². The average molecular weight is 563 g/mol. The minimum absolute atomic E-state index is 3.08. The highest BCUT2D eigenvalue weighted by Crippen LogP contribution is 2.65. The highest BCUT2D eigenvalue weighted by molar-refractivity contribution is 6.50. The molecule has 0 aliphatic heterocycles. The van der Waals surface area contributed by atoms with E-state index in [0.29, 0.717) is 0 Å². The van der Waals surface area contributed by atoms with E-state index in [-0.39, 0.29) is 0 Å². The van der Waals surface area contributed by atoms with Crippen molar-refractivity contribution < 1.29 is 74.6 Å². The van der Waals surface area contributed by atoms with Crippen LogP contribution in [-0.4, -0.2) is 52.5 Å². The molecular weight excluding hydrogens is 561 g/mol. The molecule has 31 heavy (non-hydrogen) atoms. The van der Waals surface area contributed by atoms with Crippen LogP contribution in [0.3, 0.4) is 0 Å². The molecule has 0 N–H and O–H groups in total. The van der Waals surface area contributed by atoms with Gasteiger partial charge in [-0.25, -0.2) is 13.2 Å². The molecule has 0 aliphatic rings. The van der Waals surface area contributed by atoms with Crippen LogP contribution in [0.25, 0.3) is 0 Å². The van der Waals surface area contributed by atoms with Gasteiger partial charge in [0.05, 0.1) is 0 Å². The van der Waals surface area contributed by atoms with E-state index in [9.17, 15) is 74.6 Å². The molecule has 0 radical (unpaired) electrons. The van der Waals surface area contributed by atoms with Crippen molar-refractivity contribution in [3.05, 3.63) is 11.1 Å². The molecular formula is C11H2Cl3F17. The number of allylic oxidation sites excluding steroid dienone is 1. The topological polar surface area (TPSA) is 0 Å².